The predicted octanol–water partition coefficient (Wildman–Crippen LogP) is 7.13. The van der Waals surface area contributed by atoms with Crippen LogP contribution in [0.1, 0.15) is 96.0 Å². The molecule has 2 saturated heterocycles. The number of aromatic amines is 2. The van der Waals surface area contributed by atoms with E-state index in [0.717, 1.165) is 106 Å². The lowest BCUT2D eigenvalue weighted by molar-refractivity contribution is -0.137. The molecule has 5 heterocycles. The molecule has 6 N–H and O–H groups in total. The molecule has 2 aromatic heterocycles. The number of likely N-dealkylation sites (tertiary alicyclic amines) is 2. The van der Waals surface area contributed by atoms with E-state index in [1.807, 2.05) is 49.8 Å². The lowest BCUT2D eigenvalue weighted by atomic mass is 9.92. The monoisotopic (exact) mass is 838 g/mol. The number of aliphatic hydroxyl groups is 1. The third kappa shape index (κ3) is 9.14. The van der Waals surface area contributed by atoms with Crippen molar-refractivity contribution in [3.05, 3.63) is 65.9 Å². The normalized spacial score (nSPS) is 19.5. The van der Waals surface area contributed by atoms with E-state index in [2.05, 4.69) is 69.1 Å². The number of ether oxygens (including phenoxy) is 3. The third-order valence-electron chi connectivity index (χ3n) is 11.7. The molecule has 16 nitrogen and oxygen atoms in total. The number of alkyl carbamates (subject to hydrolysis) is 1. The molecule has 16 heteroatoms. The Hall–Kier alpha value is -6.16. The van der Waals surface area contributed by atoms with E-state index in [4.69, 9.17) is 24.5 Å². The molecule has 0 unspecified atom stereocenters. The Bertz CT molecular complexity index is 2390. The number of imidazole rings is 2. The van der Waals surface area contributed by atoms with E-state index in [0.29, 0.717) is 18.9 Å². The molecule has 5 aromatic rings. The van der Waals surface area contributed by atoms with Gasteiger partial charge >= 0.3 is 12.2 Å². The first-order valence-corrected chi connectivity index (χ1v) is 20.8. The minimum absolute atomic E-state index is 0.00725. The lowest BCUT2D eigenvalue weighted by Crippen LogP contribution is -2.52. The lowest BCUT2D eigenvalue weighted by Gasteiger charge is -2.32. The Morgan fingerprint density at radius 2 is 1.74 bits per heavy atom. The molecule has 61 heavy (non-hydrogen) atoms. The summed E-state index contributed by atoms with van der Waals surface area (Å²) in [6, 6.07) is 13.9. The molecular weight excluding hydrogens is 781 g/mol. The molecule has 4 amide bonds. The maximum atomic E-state index is 13.9. The minimum atomic E-state index is -0.745. The number of benzene rings is 3. The van der Waals surface area contributed by atoms with E-state index >= 15 is 0 Å². The van der Waals surface area contributed by atoms with E-state index in [1.54, 1.807) is 0 Å². The smallest absolute Gasteiger partial charge is 0.407 e. The SMILES string of the molecule is CCCC(=O)N1C[C@@H](C)C[C@H]1c1ncc(-c2ccc3c(c2)COc2cc4c(ccc5[nH]c([C@@H]6CC[C@H](C)N6C(=O)[C@@H](NC(=O)OC)C(C)C)nc54)cc2-3)[nH]1.CO.COC(N)=O. The average molecular weight is 839 g/mol. The van der Waals surface area contributed by atoms with Crippen LogP contribution in [0.4, 0.5) is 9.59 Å². The maximum absolute atomic E-state index is 13.9. The Balaban J connectivity index is 0.000000830. The molecule has 5 atom stereocenters. The molecule has 3 aliphatic heterocycles. The molecule has 2 fully saturated rings. The number of aromatic nitrogens is 4. The van der Waals surface area contributed by atoms with Crippen LogP contribution in [0.5, 0.6) is 5.75 Å². The van der Waals surface area contributed by atoms with Gasteiger partial charge in [-0.15, -0.1) is 0 Å². The van der Waals surface area contributed by atoms with Gasteiger partial charge in [-0.1, -0.05) is 45.9 Å². The molecule has 0 spiro atoms. The fourth-order valence-corrected chi connectivity index (χ4v) is 8.71. The summed E-state index contributed by atoms with van der Waals surface area (Å²) >= 11 is 0. The minimum Gasteiger partial charge on any atom is -0.488 e. The number of amides is 4. The number of hydrogen-bond acceptors (Lipinski definition) is 10. The highest BCUT2D eigenvalue weighted by atomic mass is 16.5. The Labute approximate surface area is 355 Å². The molecule has 0 saturated carbocycles. The van der Waals surface area contributed by atoms with Crippen LogP contribution in [0.2, 0.25) is 0 Å². The molecule has 0 bridgehead atoms. The van der Waals surface area contributed by atoms with Crippen LogP contribution < -0.4 is 15.8 Å². The van der Waals surface area contributed by atoms with Gasteiger partial charge in [-0.3, -0.25) is 9.59 Å². The van der Waals surface area contributed by atoms with Crippen molar-refractivity contribution in [1.29, 1.82) is 0 Å². The van der Waals surface area contributed by atoms with Crippen molar-refractivity contribution in [1.82, 2.24) is 35.1 Å². The number of carbonyl (C=O) groups is 4. The van der Waals surface area contributed by atoms with Gasteiger partial charge in [0, 0.05) is 37.1 Å². The highest BCUT2D eigenvalue weighted by molar-refractivity contribution is 6.07. The van der Waals surface area contributed by atoms with Gasteiger partial charge in [-0.2, -0.15) is 0 Å². The summed E-state index contributed by atoms with van der Waals surface area (Å²) in [7, 11) is 3.53. The first-order valence-electron chi connectivity index (χ1n) is 20.8. The van der Waals surface area contributed by atoms with Crippen LogP contribution in [0.15, 0.2) is 48.7 Å². The second kappa shape index (κ2) is 19.0. The fraction of sp³-hybridized carbons (Fsp3) is 0.467. The Morgan fingerprint density at radius 1 is 0.984 bits per heavy atom. The number of hydrogen-bond donors (Lipinski definition) is 5. The maximum Gasteiger partial charge on any atom is 0.407 e. The number of fused-ring (bicyclic) bond motifs is 6. The van der Waals surface area contributed by atoms with Gasteiger partial charge < -0.3 is 50.1 Å². The van der Waals surface area contributed by atoms with Crippen LogP contribution >= 0.6 is 0 Å². The summed E-state index contributed by atoms with van der Waals surface area (Å²) in [4.78, 5) is 69.1. The van der Waals surface area contributed by atoms with Crippen molar-refractivity contribution in [2.45, 2.75) is 97.5 Å². The van der Waals surface area contributed by atoms with Crippen LogP contribution in [-0.4, -0.2) is 98.8 Å². The summed E-state index contributed by atoms with van der Waals surface area (Å²) in [6.45, 7) is 11.3. The highest BCUT2D eigenvalue weighted by Crippen LogP contribution is 2.44. The highest BCUT2D eigenvalue weighted by Gasteiger charge is 2.41. The Morgan fingerprint density at radius 3 is 2.43 bits per heavy atom. The molecular formula is C45H58N8O8. The number of H-pyrrole nitrogens is 2. The predicted molar refractivity (Wildman–Crippen MR) is 231 cm³/mol. The number of nitrogens with one attached hydrogen (secondary N) is 3. The van der Waals surface area contributed by atoms with Crippen LogP contribution in [-0.2, 0) is 25.7 Å². The van der Waals surface area contributed by atoms with Gasteiger partial charge in [-0.25, -0.2) is 19.6 Å². The van der Waals surface area contributed by atoms with Gasteiger partial charge in [0.25, 0.3) is 0 Å². The zero-order valence-corrected chi connectivity index (χ0v) is 36.2. The summed E-state index contributed by atoms with van der Waals surface area (Å²) in [6.07, 6.45) is 4.41. The number of rotatable bonds is 8. The van der Waals surface area contributed by atoms with Gasteiger partial charge in [0.05, 0.1) is 49.2 Å². The largest absolute Gasteiger partial charge is 0.488 e. The topological polar surface area (TPSA) is 218 Å². The van der Waals surface area contributed by atoms with Crippen LogP contribution in [0, 0.1) is 11.8 Å². The number of methoxy groups -OCH3 is 2. The molecule has 3 aliphatic rings. The second-order valence-electron chi connectivity index (χ2n) is 16.2. The number of carbonyl (C=O) groups excluding carboxylic acids is 4. The number of nitrogens with zero attached hydrogens (tertiary/aromatic N) is 4. The van der Waals surface area contributed by atoms with E-state index in [-0.39, 0.29) is 35.9 Å². The van der Waals surface area contributed by atoms with E-state index in [1.165, 1.54) is 14.2 Å². The zero-order chi connectivity index (χ0) is 44.1. The quantitative estimate of drug-likeness (QED) is 0.106. The first kappa shape index (κ1) is 44.4. The van der Waals surface area contributed by atoms with Crippen molar-refractivity contribution in [2.75, 3.05) is 27.9 Å². The summed E-state index contributed by atoms with van der Waals surface area (Å²) in [5.74, 6) is 2.75. The number of primary amides is 1. The van der Waals surface area contributed by atoms with Gasteiger partial charge in [0.2, 0.25) is 11.8 Å². The third-order valence-corrected chi connectivity index (χ3v) is 11.7. The van der Waals surface area contributed by atoms with Crippen LogP contribution in [0.25, 0.3) is 44.2 Å². The fourth-order valence-electron chi connectivity index (χ4n) is 8.71. The number of aliphatic hydroxyl groups excluding tert-OH is 1. The zero-order valence-electron chi connectivity index (χ0n) is 36.2. The van der Waals surface area contributed by atoms with Crippen LogP contribution in [0.3, 0.4) is 0 Å². The van der Waals surface area contributed by atoms with Gasteiger partial charge in [-0.05, 0) is 90.8 Å². The van der Waals surface area contributed by atoms with Crippen molar-refractivity contribution < 1.29 is 38.5 Å². The van der Waals surface area contributed by atoms with Crippen molar-refractivity contribution in [3.63, 3.8) is 0 Å². The van der Waals surface area contributed by atoms with E-state index < -0.39 is 18.2 Å². The first-order chi connectivity index (χ1) is 29.3. The molecule has 0 aliphatic carbocycles. The van der Waals surface area contributed by atoms with Gasteiger partial charge in [0.15, 0.2) is 0 Å². The van der Waals surface area contributed by atoms with E-state index in [9.17, 15) is 19.2 Å². The molecule has 0 radical (unpaired) electrons. The second-order valence-corrected chi connectivity index (χ2v) is 16.2. The molecule has 8 rings (SSSR count). The number of nitrogens with two attached hydrogens (primary N) is 1. The summed E-state index contributed by atoms with van der Waals surface area (Å²) < 4.78 is 15.1. The summed E-state index contributed by atoms with van der Waals surface area (Å²) in [5, 5.41) is 11.8. The molecule has 326 valence electrons. The Kier molecular flexibility index (Phi) is 13.9. The molecule has 3 aromatic carbocycles. The van der Waals surface area contributed by atoms with Crippen molar-refractivity contribution in [3.8, 4) is 28.1 Å². The summed E-state index contributed by atoms with van der Waals surface area (Å²) in [5.41, 5.74) is 11.3. The van der Waals surface area contributed by atoms with Crippen molar-refractivity contribution in [2.24, 2.45) is 17.6 Å². The standard InChI is InChI=1S/C42H49N7O5.C2H5NO2.CH4O/c1-7-8-36(50)48-20-23(4)15-34(48)39-43-19-32(45-39)26-10-12-28-27(16-26)21-54-35-18-29-25(17-30(28)35)11-13-31-38(29)46-40(44-31)33-14-9-24(5)49(33)41(51)37(22(2)3)47-42(52)53-6;1-5-2(3)4;1-2/h10-13,16-19,22-24,33-34,37H,7-9,14-15,20-21H2,1-6H3,(H,43,45)(H,44,46)(H,47,52);1H3,(H2,3,4);2H,1H3/t23-,24-,33-,34-,37-;;/m0../s1. The average Bonchev–Trinajstić information content (AvgIpc) is 4.08. The van der Waals surface area contributed by atoms with Crippen molar-refractivity contribution >= 4 is 45.8 Å². The van der Waals surface area contributed by atoms with Gasteiger partial charge in [0.1, 0.15) is 30.0 Å².